The number of amides is 2. The fourth-order valence-electron chi connectivity index (χ4n) is 4.58. The van der Waals surface area contributed by atoms with Crippen LogP contribution in [0.2, 0.25) is 5.02 Å². The highest BCUT2D eigenvalue weighted by atomic mass is 35.5. The van der Waals surface area contributed by atoms with Crippen LogP contribution in [0.4, 0.5) is 10.5 Å². The molecule has 3 aromatic carbocycles. The van der Waals surface area contributed by atoms with Gasteiger partial charge >= 0.3 is 6.03 Å². The molecule has 0 saturated carbocycles. The minimum Gasteiger partial charge on any atom is -0.493 e. The lowest BCUT2D eigenvalue weighted by Crippen LogP contribution is -2.38. The summed E-state index contributed by atoms with van der Waals surface area (Å²) in [6.07, 6.45) is 2.03. The van der Waals surface area contributed by atoms with Gasteiger partial charge in [0.15, 0.2) is 11.5 Å². The molecule has 2 heterocycles. The van der Waals surface area contributed by atoms with Crippen molar-refractivity contribution in [1.82, 2.24) is 9.47 Å². The Morgan fingerprint density at radius 2 is 1.77 bits per heavy atom. The van der Waals surface area contributed by atoms with Gasteiger partial charge in [-0.1, -0.05) is 41.9 Å². The molecule has 0 aliphatic carbocycles. The van der Waals surface area contributed by atoms with E-state index in [9.17, 15) is 4.79 Å². The second kappa shape index (κ2) is 9.39. The van der Waals surface area contributed by atoms with Crippen molar-refractivity contribution in [3.63, 3.8) is 0 Å². The maximum atomic E-state index is 13.8. The molecular weight excluding hydrogens is 462 g/mol. The van der Waals surface area contributed by atoms with E-state index in [0.29, 0.717) is 28.8 Å². The first-order valence-corrected chi connectivity index (χ1v) is 11.7. The van der Waals surface area contributed by atoms with Crippen molar-refractivity contribution >= 4 is 23.3 Å². The molecule has 5 rings (SSSR count). The standard InChI is InChI=1S/C28H26ClN3O3/c1-18-10-12-21(16-22(18)29)30-28(33)32-17-20-7-4-5-8-23(20)31-14-6-9-24(31)27(32)19-11-13-25(34-2)26(15-19)35-3/h4-16,27H,17H2,1-3H3,(H,30,33). The first kappa shape index (κ1) is 22.9. The number of halogens is 1. The largest absolute Gasteiger partial charge is 0.493 e. The number of hydrogen-bond acceptors (Lipinski definition) is 3. The first-order chi connectivity index (χ1) is 17.0. The highest BCUT2D eigenvalue weighted by Gasteiger charge is 2.33. The summed E-state index contributed by atoms with van der Waals surface area (Å²) >= 11 is 6.32. The van der Waals surface area contributed by atoms with E-state index in [1.54, 1.807) is 20.3 Å². The number of hydrogen-bond donors (Lipinski definition) is 1. The van der Waals surface area contributed by atoms with Gasteiger partial charge in [0.05, 0.1) is 32.5 Å². The average molecular weight is 488 g/mol. The molecule has 1 aliphatic rings. The van der Waals surface area contributed by atoms with E-state index in [0.717, 1.165) is 28.1 Å². The molecule has 0 fully saturated rings. The zero-order chi connectivity index (χ0) is 24.5. The lowest BCUT2D eigenvalue weighted by atomic mass is 10.0. The zero-order valence-electron chi connectivity index (χ0n) is 19.8. The number of methoxy groups -OCH3 is 2. The number of aromatic nitrogens is 1. The van der Waals surface area contributed by atoms with Crippen molar-refractivity contribution in [2.75, 3.05) is 19.5 Å². The summed E-state index contributed by atoms with van der Waals surface area (Å²) in [7, 11) is 3.22. The number of anilines is 1. The third-order valence-corrected chi connectivity index (χ3v) is 6.78. The molecule has 1 aliphatic heterocycles. The Morgan fingerprint density at radius 3 is 2.54 bits per heavy atom. The molecular formula is C28H26ClN3O3. The molecule has 1 unspecified atom stereocenters. The van der Waals surface area contributed by atoms with Crippen LogP contribution in [-0.4, -0.2) is 29.7 Å². The zero-order valence-corrected chi connectivity index (χ0v) is 20.5. The quantitative estimate of drug-likeness (QED) is 0.353. The first-order valence-electron chi connectivity index (χ1n) is 11.3. The Morgan fingerprint density at radius 1 is 0.971 bits per heavy atom. The summed E-state index contributed by atoms with van der Waals surface area (Å²) in [5, 5.41) is 3.66. The van der Waals surface area contributed by atoms with Crippen molar-refractivity contribution in [2.45, 2.75) is 19.5 Å². The highest BCUT2D eigenvalue weighted by Crippen LogP contribution is 2.40. The number of benzene rings is 3. The lowest BCUT2D eigenvalue weighted by molar-refractivity contribution is 0.194. The third-order valence-electron chi connectivity index (χ3n) is 6.37. The van der Waals surface area contributed by atoms with E-state index in [4.69, 9.17) is 21.1 Å². The lowest BCUT2D eigenvalue weighted by Gasteiger charge is -2.31. The van der Waals surface area contributed by atoms with E-state index < -0.39 is 0 Å². The van der Waals surface area contributed by atoms with Crippen molar-refractivity contribution in [2.24, 2.45) is 0 Å². The maximum absolute atomic E-state index is 13.8. The van der Waals surface area contributed by atoms with Gasteiger partial charge in [-0.2, -0.15) is 0 Å². The predicted octanol–water partition coefficient (Wildman–Crippen LogP) is 6.59. The number of para-hydroxylation sites is 1. The molecule has 6 nitrogen and oxygen atoms in total. The number of carbonyl (C=O) groups is 1. The average Bonchev–Trinajstić information content (AvgIpc) is 3.30. The van der Waals surface area contributed by atoms with Crippen LogP contribution in [0, 0.1) is 6.92 Å². The monoisotopic (exact) mass is 487 g/mol. The van der Waals surface area contributed by atoms with E-state index in [2.05, 4.69) is 22.0 Å². The topological polar surface area (TPSA) is 55.7 Å². The summed E-state index contributed by atoms with van der Waals surface area (Å²) < 4.78 is 13.2. The minimum absolute atomic E-state index is 0.228. The van der Waals surface area contributed by atoms with Crippen LogP contribution < -0.4 is 14.8 Å². The van der Waals surface area contributed by atoms with Gasteiger partial charge in [0, 0.05) is 22.6 Å². The fraction of sp³-hybridized carbons (Fsp3) is 0.179. The number of rotatable bonds is 4. The number of urea groups is 1. The molecule has 1 atom stereocenters. The van der Waals surface area contributed by atoms with E-state index in [-0.39, 0.29) is 12.1 Å². The molecule has 0 spiro atoms. The second-order valence-electron chi connectivity index (χ2n) is 8.47. The molecule has 2 amide bonds. The maximum Gasteiger partial charge on any atom is 0.322 e. The number of carbonyl (C=O) groups excluding carboxylic acids is 1. The number of fused-ring (bicyclic) bond motifs is 3. The van der Waals surface area contributed by atoms with Crippen LogP contribution in [0.25, 0.3) is 5.69 Å². The summed E-state index contributed by atoms with van der Waals surface area (Å²) in [5.41, 5.74) is 5.57. The normalized spacial score (nSPS) is 14.5. The van der Waals surface area contributed by atoms with Crippen molar-refractivity contribution in [3.8, 4) is 17.2 Å². The Balaban J connectivity index is 1.64. The molecule has 1 aromatic heterocycles. The van der Waals surface area contributed by atoms with Gasteiger partial charge < -0.3 is 24.3 Å². The van der Waals surface area contributed by atoms with E-state index in [1.165, 1.54) is 0 Å². The minimum atomic E-state index is -0.377. The summed E-state index contributed by atoms with van der Waals surface area (Å²) in [4.78, 5) is 15.7. The van der Waals surface area contributed by atoms with Crippen LogP contribution in [0.15, 0.2) is 79.0 Å². The summed E-state index contributed by atoms with van der Waals surface area (Å²) in [5.74, 6) is 1.24. The molecule has 0 bridgehead atoms. The van der Waals surface area contributed by atoms with Gasteiger partial charge in [-0.25, -0.2) is 4.79 Å². The number of nitrogens with one attached hydrogen (secondary N) is 1. The second-order valence-corrected chi connectivity index (χ2v) is 8.88. The van der Waals surface area contributed by atoms with Gasteiger partial charge in [0.2, 0.25) is 0 Å². The van der Waals surface area contributed by atoms with Gasteiger partial charge in [-0.3, -0.25) is 0 Å². The van der Waals surface area contributed by atoms with Crippen LogP contribution in [-0.2, 0) is 6.54 Å². The van der Waals surface area contributed by atoms with Crippen LogP contribution in [0.1, 0.15) is 28.4 Å². The molecule has 0 saturated heterocycles. The molecule has 1 N–H and O–H groups in total. The number of aryl methyl sites for hydroxylation is 1. The van der Waals surface area contributed by atoms with Gasteiger partial charge in [-0.05, 0) is 66.1 Å². The van der Waals surface area contributed by atoms with Crippen LogP contribution >= 0.6 is 11.6 Å². The summed E-state index contributed by atoms with van der Waals surface area (Å²) in [6.45, 7) is 2.35. The molecule has 178 valence electrons. The molecule has 7 heteroatoms. The van der Waals surface area contributed by atoms with Gasteiger partial charge in [0.25, 0.3) is 0 Å². The smallest absolute Gasteiger partial charge is 0.322 e. The third kappa shape index (κ3) is 4.21. The number of ether oxygens (including phenoxy) is 2. The predicted molar refractivity (Wildman–Crippen MR) is 138 cm³/mol. The Kier molecular flexibility index (Phi) is 6.14. The highest BCUT2D eigenvalue weighted by molar-refractivity contribution is 6.31. The Hall–Kier alpha value is -3.90. The van der Waals surface area contributed by atoms with Gasteiger partial charge in [-0.15, -0.1) is 0 Å². The Bertz CT molecular complexity index is 1400. The van der Waals surface area contributed by atoms with E-state index >= 15 is 0 Å². The van der Waals surface area contributed by atoms with Crippen molar-refractivity contribution in [3.05, 3.63) is 106 Å². The van der Waals surface area contributed by atoms with Crippen LogP contribution in [0.5, 0.6) is 11.5 Å². The Labute approximate surface area is 209 Å². The van der Waals surface area contributed by atoms with Crippen LogP contribution in [0.3, 0.4) is 0 Å². The van der Waals surface area contributed by atoms with Gasteiger partial charge in [0.1, 0.15) is 0 Å². The molecule has 35 heavy (non-hydrogen) atoms. The fourth-order valence-corrected chi connectivity index (χ4v) is 4.76. The van der Waals surface area contributed by atoms with Crippen molar-refractivity contribution < 1.29 is 14.3 Å². The van der Waals surface area contributed by atoms with E-state index in [1.807, 2.05) is 72.6 Å². The molecule has 0 radical (unpaired) electrons. The number of nitrogens with zero attached hydrogens (tertiary/aromatic N) is 2. The van der Waals surface area contributed by atoms with Crippen molar-refractivity contribution in [1.29, 1.82) is 0 Å². The summed E-state index contributed by atoms with van der Waals surface area (Å²) in [6, 6.07) is 22.9. The molecule has 4 aromatic rings. The SMILES string of the molecule is COc1ccc(C2c3cccn3-c3ccccc3CN2C(=O)Nc2ccc(C)c(Cl)c2)cc1OC.